The zero-order chi connectivity index (χ0) is 26.5. The second-order valence-electron chi connectivity index (χ2n) is 9.95. The smallest absolute Gasteiger partial charge is 0.233 e. The number of benzene rings is 1. The average Bonchev–Trinajstić information content (AvgIpc) is 2.78. The maximum atomic E-state index is 15.1. The summed E-state index contributed by atoms with van der Waals surface area (Å²) in [5, 5.41) is 9.28. The van der Waals surface area contributed by atoms with Crippen molar-refractivity contribution in [2.75, 3.05) is 40.0 Å². The fourth-order valence-electron chi connectivity index (χ4n) is 4.32. The van der Waals surface area contributed by atoms with E-state index in [0.717, 1.165) is 48.8 Å². The molecule has 0 amide bonds. The minimum atomic E-state index is -3.83. The SMILES string of the molecule is CC(C)CS(=O)(=O)Nc1ccc(F)c(N(N)CC(=N)c2cncc(N3CCCCC(C)CC3)c2)c1F. The van der Waals surface area contributed by atoms with Gasteiger partial charge in [0.1, 0.15) is 5.69 Å². The Kier molecular flexibility index (Phi) is 9.24. The van der Waals surface area contributed by atoms with Crippen LogP contribution in [0.5, 0.6) is 0 Å². The van der Waals surface area contributed by atoms with Crippen molar-refractivity contribution in [3.63, 3.8) is 0 Å². The molecule has 1 aromatic heterocycles. The molecule has 2 heterocycles. The maximum Gasteiger partial charge on any atom is 0.233 e. The van der Waals surface area contributed by atoms with Crippen molar-refractivity contribution < 1.29 is 17.2 Å². The van der Waals surface area contributed by atoms with E-state index in [-0.39, 0.29) is 23.9 Å². The standard InChI is InChI=1S/C25H36F2N6O2S/c1-17(2)16-36(34,35)31-23-8-7-21(26)25(24(23)27)33(29)15-22(28)19-12-20(14-30-13-19)32-10-5-4-6-18(3)9-11-32/h7-8,12-14,17-18,28,31H,4-6,9-11,15-16,29H2,1-3H3. The third kappa shape index (κ3) is 7.36. The molecule has 1 aliphatic heterocycles. The number of sulfonamides is 1. The minimum Gasteiger partial charge on any atom is -0.370 e. The van der Waals surface area contributed by atoms with Crippen LogP contribution in [0.25, 0.3) is 0 Å². The highest BCUT2D eigenvalue weighted by Gasteiger charge is 2.23. The van der Waals surface area contributed by atoms with Crippen LogP contribution in [-0.2, 0) is 10.0 Å². The van der Waals surface area contributed by atoms with E-state index in [1.807, 2.05) is 6.07 Å². The van der Waals surface area contributed by atoms with Gasteiger partial charge >= 0.3 is 0 Å². The molecule has 0 aliphatic carbocycles. The number of aromatic nitrogens is 1. The Labute approximate surface area is 212 Å². The molecule has 2 aromatic rings. The molecule has 0 spiro atoms. The van der Waals surface area contributed by atoms with Crippen LogP contribution in [0.15, 0.2) is 30.6 Å². The van der Waals surface area contributed by atoms with Crippen molar-refractivity contribution >= 4 is 32.8 Å². The van der Waals surface area contributed by atoms with Gasteiger partial charge in [0.2, 0.25) is 10.0 Å². The molecule has 8 nitrogen and oxygen atoms in total. The molecule has 1 aromatic carbocycles. The number of nitrogens with two attached hydrogens (primary N) is 1. The van der Waals surface area contributed by atoms with Gasteiger partial charge in [0.05, 0.1) is 35.6 Å². The average molecular weight is 523 g/mol. The van der Waals surface area contributed by atoms with Gasteiger partial charge in [0.25, 0.3) is 0 Å². The summed E-state index contributed by atoms with van der Waals surface area (Å²) in [4.78, 5) is 6.54. The Hall–Kier alpha value is -2.79. The van der Waals surface area contributed by atoms with E-state index in [1.54, 1.807) is 20.0 Å². The lowest BCUT2D eigenvalue weighted by molar-refractivity contribution is 0.438. The number of nitrogens with zero attached hydrogens (tertiary/aromatic N) is 3. The van der Waals surface area contributed by atoms with E-state index in [9.17, 15) is 12.8 Å². The van der Waals surface area contributed by atoms with Crippen LogP contribution in [0.4, 0.5) is 25.8 Å². The summed E-state index contributed by atoms with van der Waals surface area (Å²) in [5.74, 6) is 4.15. The zero-order valence-electron chi connectivity index (χ0n) is 21.1. The third-order valence-electron chi connectivity index (χ3n) is 6.20. The van der Waals surface area contributed by atoms with Crippen molar-refractivity contribution in [1.29, 1.82) is 5.41 Å². The Balaban J connectivity index is 1.77. The Bertz CT molecular complexity index is 1180. The number of hydrazine groups is 1. The zero-order valence-corrected chi connectivity index (χ0v) is 21.9. The number of rotatable bonds is 9. The van der Waals surface area contributed by atoms with Crippen molar-refractivity contribution in [1.82, 2.24) is 4.98 Å². The molecule has 1 aliphatic rings. The van der Waals surface area contributed by atoms with Gasteiger partial charge in [-0.15, -0.1) is 0 Å². The first-order valence-electron chi connectivity index (χ1n) is 12.3. The van der Waals surface area contributed by atoms with Crippen molar-refractivity contribution in [2.45, 2.75) is 46.5 Å². The molecule has 3 rings (SSSR count). The number of hydrogen-bond acceptors (Lipinski definition) is 7. The molecule has 4 N–H and O–H groups in total. The molecule has 1 unspecified atom stereocenters. The summed E-state index contributed by atoms with van der Waals surface area (Å²) in [7, 11) is -3.83. The number of pyridine rings is 1. The van der Waals surface area contributed by atoms with Crippen molar-refractivity contribution in [3.05, 3.63) is 47.8 Å². The van der Waals surface area contributed by atoms with E-state index < -0.39 is 33.0 Å². The van der Waals surface area contributed by atoms with Gasteiger partial charge < -0.3 is 10.3 Å². The first-order valence-corrected chi connectivity index (χ1v) is 13.9. The first kappa shape index (κ1) is 27.8. The Morgan fingerprint density at radius 1 is 1.25 bits per heavy atom. The van der Waals surface area contributed by atoms with Crippen LogP contribution < -0.4 is 20.5 Å². The first-order chi connectivity index (χ1) is 17.0. The summed E-state index contributed by atoms with van der Waals surface area (Å²) in [5.41, 5.74) is 0.397. The largest absolute Gasteiger partial charge is 0.370 e. The second-order valence-corrected chi connectivity index (χ2v) is 11.7. The van der Waals surface area contributed by atoms with Crippen LogP contribution in [0.2, 0.25) is 0 Å². The number of anilines is 3. The fourth-order valence-corrected chi connectivity index (χ4v) is 5.78. The Morgan fingerprint density at radius 3 is 2.72 bits per heavy atom. The highest BCUT2D eigenvalue weighted by atomic mass is 32.2. The number of halogens is 2. The monoisotopic (exact) mass is 522 g/mol. The highest BCUT2D eigenvalue weighted by molar-refractivity contribution is 7.92. The molecular weight excluding hydrogens is 486 g/mol. The minimum absolute atomic E-state index is 0.0249. The predicted molar refractivity (Wildman–Crippen MR) is 141 cm³/mol. The summed E-state index contributed by atoms with van der Waals surface area (Å²) < 4.78 is 56.4. The lowest BCUT2D eigenvalue weighted by Gasteiger charge is -2.29. The van der Waals surface area contributed by atoms with E-state index in [4.69, 9.17) is 11.3 Å². The molecule has 1 fully saturated rings. The summed E-state index contributed by atoms with van der Waals surface area (Å²) in [6.07, 6.45) is 7.85. The molecule has 1 atom stereocenters. The fraction of sp³-hybridized carbons (Fsp3) is 0.520. The van der Waals surface area contributed by atoms with Gasteiger partial charge in [-0.2, -0.15) is 0 Å². The van der Waals surface area contributed by atoms with Gasteiger partial charge in [-0.05, 0) is 42.9 Å². The van der Waals surface area contributed by atoms with Crippen LogP contribution in [-0.4, -0.2) is 44.5 Å². The van der Waals surface area contributed by atoms with Gasteiger partial charge in [-0.1, -0.05) is 33.6 Å². The van der Waals surface area contributed by atoms with Gasteiger partial charge in [-0.3, -0.25) is 14.7 Å². The molecule has 198 valence electrons. The lowest BCUT2D eigenvalue weighted by Crippen LogP contribution is -2.38. The molecule has 0 radical (unpaired) electrons. The molecule has 0 saturated carbocycles. The van der Waals surface area contributed by atoms with E-state index in [2.05, 4.69) is 21.5 Å². The van der Waals surface area contributed by atoms with Gasteiger partial charge in [-0.25, -0.2) is 23.0 Å². The quantitative estimate of drug-likeness (QED) is 0.253. The van der Waals surface area contributed by atoms with Crippen LogP contribution in [0.3, 0.4) is 0 Å². The van der Waals surface area contributed by atoms with Crippen molar-refractivity contribution in [3.8, 4) is 0 Å². The molecule has 36 heavy (non-hydrogen) atoms. The molecular formula is C25H36F2N6O2S. The normalized spacial score (nSPS) is 17.0. The van der Waals surface area contributed by atoms with Gasteiger partial charge in [0.15, 0.2) is 11.6 Å². The van der Waals surface area contributed by atoms with Crippen molar-refractivity contribution in [2.24, 2.45) is 17.7 Å². The van der Waals surface area contributed by atoms with Crippen LogP contribution in [0, 0.1) is 28.9 Å². The molecule has 0 bridgehead atoms. The second kappa shape index (κ2) is 12.0. The summed E-state index contributed by atoms with van der Waals surface area (Å²) in [6.45, 7) is 7.20. The maximum absolute atomic E-state index is 15.1. The van der Waals surface area contributed by atoms with E-state index in [0.29, 0.717) is 11.5 Å². The number of hydrogen-bond donors (Lipinski definition) is 3. The van der Waals surface area contributed by atoms with Crippen LogP contribution in [0.1, 0.15) is 52.0 Å². The molecule has 11 heteroatoms. The molecule has 1 saturated heterocycles. The van der Waals surface area contributed by atoms with Crippen LogP contribution >= 0.6 is 0 Å². The summed E-state index contributed by atoms with van der Waals surface area (Å²) >= 11 is 0. The summed E-state index contributed by atoms with van der Waals surface area (Å²) in [6, 6.07) is 3.81. The predicted octanol–water partition coefficient (Wildman–Crippen LogP) is 4.52. The van der Waals surface area contributed by atoms with Gasteiger partial charge in [0, 0.05) is 24.8 Å². The van der Waals surface area contributed by atoms with E-state index >= 15 is 4.39 Å². The van der Waals surface area contributed by atoms with E-state index in [1.165, 1.54) is 19.0 Å². The third-order valence-corrected chi connectivity index (χ3v) is 7.84. The Morgan fingerprint density at radius 2 is 2.00 bits per heavy atom. The number of nitrogens with one attached hydrogen (secondary N) is 2. The lowest BCUT2D eigenvalue weighted by atomic mass is 9.98. The topological polar surface area (TPSA) is 115 Å². The highest BCUT2D eigenvalue weighted by Crippen LogP contribution is 2.29.